The van der Waals surface area contributed by atoms with Gasteiger partial charge < -0.3 is 0 Å². The van der Waals surface area contributed by atoms with E-state index in [2.05, 4.69) is 6.92 Å². The molecular formula is C27H37F2NO2S. The summed E-state index contributed by atoms with van der Waals surface area (Å²) in [7, 11) is 0. The molecule has 1 aromatic heterocycles. The number of rotatable bonds is 9. The summed E-state index contributed by atoms with van der Waals surface area (Å²) in [5, 5.41) is 1.98. The first-order valence-electron chi connectivity index (χ1n) is 12.1. The Morgan fingerprint density at radius 3 is 2.48 bits per heavy atom. The maximum atomic E-state index is 13.4. The Kier molecular flexibility index (Phi) is 8.44. The van der Waals surface area contributed by atoms with Crippen LogP contribution in [-0.4, -0.2) is 42.0 Å². The molecule has 6 heteroatoms. The van der Waals surface area contributed by atoms with Crippen LogP contribution in [0.5, 0.6) is 0 Å². The third-order valence-corrected chi connectivity index (χ3v) is 8.39. The van der Waals surface area contributed by atoms with Gasteiger partial charge in [-0.15, -0.1) is 11.3 Å². The molecule has 182 valence electrons. The highest BCUT2D eigenvalue weighted by Gasteiger charge is 2.32. The van der Waals surface area contributed by atoms with Crippen LogP contribution in [0.3, 0.4) is 0 Å². The van der Waals surface area contributed by atoms with Gasteiger partial charge in [-0.05, 0) is 88.1 Å². The number of ketones is 2. The molecule has 0 unspecified atom stereocenters. The average Bonchev–Trinajstić information content (AvgIpc) is 3.09. The Morgan fingerprint density at radius 2 is 1.91 bits per heavy atom. The number of nitrogens with zero attached hydrogens (tertiary/aromatic N) is 1. The lowest BCUT2D eigenvalue weighted by molar-refractivity contribution is -0.115. The molecule has 33 heavy (non-hydrogen) atoms. The quantitative estimate of drug-likeness (QED) is 0.356. The Balaban J connectivity index is 1.65. The highest BCUT2D eigenvalue weighted by atomic mass is 32.1. The number of hydrogen-bond donors (Lipinski definition) is 0. The molecule has 1 saturated heterocycles. The smallest absolute Gasteiger partial charge is 0.257 e. The Hall–Kier alpha value is -1.66. The zero-order chi connectivity index (χ0) is 24.3. The van der Waals surface area contributed by atoms with Crippen LogP contribution in [0.25, 0.3) is 0 Å². The van der Waals surface area contributed by atoms with Crippen LogP contribution in [0.4, 0.5) is 8.78 Å². The Bertz CT molecular complexity index is 946. The zero-order valence-electron chi connectivity index (χ0n) is 20.6. The van der Waals surface area contributed by atoms with E-state index in [0.29, 0.717) is 44.2 Å². The third-order valence-electron chi connectivity index (χ3n) is 7.17. The van der Waals surface area contributed by atoms with Gasteiger partial charge in [-0.25, -0.2) is 8.78 Å². The van der Waals surface area contributed by atoms with E-state index in [-0.39, 0.29) is 18.1 Å². The molecular weight excluding hydrogens is 440 g/mol. The minimum atomic E-state index is -2.65. The number of piperidine rings is 1. The van der Waals surface area contributed by atoms with Crippen molar-refractivity contribution >= 4 is 22.9 Å². The van der Waals surface area contributed by atoms with E-state index in [0.717, 1.165) is 54.0 Å². The molecule has 0 saturated carbocycles. The van der Waals surface area contributed by atoms with Crippen LogP contribution in [-0.2, 0) is 4.79 Å². The number of halogens is 2. The third kappa shape index (κ3) is 6.48. The molecule has 0 bridgehead atoms. The van der Waals surface area contributed by atoms with Gasteiger partial charge >= 0.3 is 0 Å². The molecule has 2 heterocycles. The lowest BCUT2D eigenvalue weighted by Gasteiger charge is -2.36. The standard InChI is InChI=1S/C27H37F2NO2S/c1-6-21(20-9-11-30(12-10-20)16-27(5,28)29)26-19(4)23(15-33-26)24(31)8-7-22-18(3)13-17(2)14-25(22)32/h13,15,20-21H,6-12,14,16H2,1-5H3/t21-/m0/s1. The Labute approximate surface area is 200 Å². The lowest BCUT2D eigenvalue weighted by Crippen LogP contribution is -2.41. The van der Waals surface area contributed by atoms with E-state index >= 15 is 0 Å². The van der Waals surface area contributed by atoms with Crippen molar-refractivity contribution in [1.29, 1.82) is 0 Å². The first kappa shape index (κ1) is 26.0. The van der Waals surface area contributed by atoms with Crippen molar-refractivity contribution < 1.29 is 18.4 Å². The minimum absolute atomic E-state index is 0.101. The first-order valence-corrected chi connectivity index (χ1v) is 13.0. The van der Waals surface area contributed by atoms with Crippen LogP contribution in [0, 0.1) is 12.8 Å². The predicted octanol–water partition coefficient (Wildman–Crippen LogP) is 7.12. The van der Waals surface area contributed by atoms with Crippen molar-refractivity contribution in [2.24, 2.45) is 5.92 Å². The number of hydrogen-bond acceptors (Lipinski definition) is 4. The SMILES string of the molecule is CC[C@H](c1scc(C(=O)CCC2=C(C)C=C(C)CC2=O)c1C)C1CCN(CC(C)(F)F)CC1. The second-order valence-corrected chi connectivity index (χ2v) is 10.9. The van der Waals surface area contributed by atoms with Crippen LogP contribution < -0.4 is 0 Å². The molecule has 0 radical (unpaired) electrons. The minimum Gasteiger partial charge on any atom is -0.297 e. The summed E-state index contributed by atoms with van der Waals surface area (Å²) < 4.78 is 26.7. The summed E-state index contributed by atoms with van der Waals surface area (Å²) >= 11 is 1.66. The molecule has 1 aliphatic carbocycles. The topological polar surface area (TPSA) is 37.4 Å². The molecule has 0 N–H and O–H groups in total. The van der Waals surface area contributed by atoms with Crippen molar-refractivity contribution in [3.8, 4) is 0 Å². The molecule has 0 amide bonds. The largest absolute Gasteiger partial charge is 0.297 e. The van der Waals surface area contributed by atoms with Crippen LogP contribution in [0.15, 0.2) is 28.2 Å². The number of thiophene rings is 1. The van der Waals surface area contributed by atoms with Gasteiger partial charge in [0.2, 0.25) is 0 Å². The highest BCUT2D eigenvalue weighted by Crippen LogP contribution is 2.41. The fourth-order valence-electron chi connectivity index (χ4n) is 5.51. The second-order valence-electron chi connectivity index (χ2n) is 10.0. The van der Waals surface area contributed by atoms with E-state index in [1.807, 2.05) is 37.1 Å². The molecule has 1 atom stereocenters. The van der Waals surface area contributed by atoms with Gasteiger partial charge in [-0.2, -0.15) is 0 Å². The summed E-state index contributed by atoms with van der Waals surface area (Å²) in [6, 6.07) is 0. The van der Waals surface area contributed by atoms with Crippen molar-refractivity contribution in [1.82, 2.24) is 4.90 Å². The van der Waals surface area contributed by atoms with Gasteiger partial charge in [0.05, 0.1) is 6.54 Å². The Morgan fingerprint density at radius 1 is 1.24 bits per heavy atom. The predicted molar refractivity (Wildman–Crippen MR) is 132 cm³/mol. The van der Waals surface area contributed by atoms with Gasteiger partial charge in [0.15, 0.2) is 11.6 Å². The number of allylic oxidation sites excluding steroid dienone is 4. The van der Waals surface area contributed by atoms with Crippen LogP contribution in [0.1, 0.15) is 92.9 Å². The average molecular weight is 478 g/mol. The number of Topliss-reactive ketones (excluding diaryl/α,β-unsaturated/α-hetero) is 2. The normalized spacial score (nSPS) is 19.7. The zero-order valence-corrected chi connectivity index (χ0v) is 21.4. The molecule has 0 spiro atoms. The number of alkyl halides is 2. The van der Waals surface area contributed by atoms with Crippen molar-refractivity contribution in [2.75, 3.05) is 19.6 Å². The van der Waals surface area contributed by atoms with E-state index in [1.165, 1.54) is 4.88 Å². The number of carbonyl (C=O) groups is 2. The first-order chi connectivity index (χ1) is 15.5. The van der Waals surface area contributed by atoms with Gasteiger partial charge in [0, 0.05) is 35.6 Å². The van der Waals surface area contributed by atoms with E-state index < -0.39 is 5.92 Å². The molecule has 2 aliphatic rings. The van der Waals surface area contributed by atoms with Gasteiger partial charge in [-0.1, -0.05) is 18.6 Å². The maximum absolute atomic E-state index is 13.4. The summed E-state index contributed by atoms with van der Waals surface area (Å²) in [5.74, 6) is -1.59. The molecule has 1 fully saturated rings. The molecule has 3 rings (SSSR count). The van der Waals surface area contributed by atoms with E-state index in [1.54, 1.807) is 11.3 Å². The molecule has 0 aromatic carbocycles. The van der Waals surface area contributed by atoms with Crippen molar-refractivity contribution in [3.63, 3.8) is 0 Å². The van der Waals surface area contributed by atoms with Gasteiger partial charge in [-0.3, -0.25) is 14.5 Å². The number of likely N-dealkylation sites (tertiary alicyclic amines) is 1. The number of carbonyl (C=O) groups excluding carboxylic acids is 2. The molecule has 1 aromatic rings. The van der Waals surface area contributed by atoms with Crippen LogP contribution >= 0.6 is 11.3 Å². The molecule has 1 aliphatic heterocycles. The summed E-state index contributed by atoms with van der Waals surface area (Å²) in [6.07, 6.45) is 6.16. The highest BCUT2D eigenvalue weighted by molar-refractivity contribution is 7.10. The fourth-order valence-corrected chi connectivity index (χ4v) is 6.88. The van der Waals surface area contributed by atoms with Crippen molar-refractivity contribution in [2.45, 2.75) is 85.0 Å². The van der Waals surface area contributed by atoms with Crippen molar-refractivity contribution in [3.05, 3.63) is 44.2 Å². The lowest BCUT2D eigenvalue weighted by atomic mass is 9.80. The van der Waals surface area contributed by atoms with Gasteiger partial charge in [0.1, 0.15) is 0 Å². The monoisotopic (exact) mass is 477 g/mol. The van der Waals surface area contributed by atoms with Gasteiger partial charge in [0.25, 0.3) is 5.92 Å². The van der Waals surface area contributed by atoms with Crippen LogP contribution in [0.2, 0.25) is 0 Å². The van der Waals surface area contributed by atoms with E-state index in [4.69, 9.17) is 0 Å². The fraction of sp³-hybridized carbons (Fsp3) is 0.630. The maximum Gasteiger partial charge on any atom is 0.257 e. The second kappa shape index (κ2) is 10.7. The van der Waals surface area contributed by atoms with E-state index in [9.17, 15) is 18.4 Å². The summed E-state index contributed by atoms with van der Waals surface area (Å²) in [6.45, 7) is 10.4. The summed E-state index contributed by atoms with van der Waals surface area (Å²) in [5.41, 5.74) is 4.70. The summed E-state index contributed by atoms with van der Waals surface area (Å²) in [4.78, 5) is 28.6. The molecule has 3 nitrogen and oxygen atoms in total.